The van der Waals surface area contributed by atoms with E-state index in [9.17, 15) is 0 Å². The van der Waals surface area contributed by atoms with Crippen LogP contribution in [0, 0.1) is 0 Å². The molecule has 0 radical (unpaired) electrons. The van der Waals surface area contributed by atoms with E-state index in [1.54, 1.807) is 11.8 Å². The van der Waals surface area contributed by atoms with Crippen molar-refractivity contribution in [2.75, 3.05) is 12.4 Å². The van der Waals surface area contributed by atoms with E-state index < -0.39 is 0 Å². The Labute approximate surface area is 100 Å². The Morgan fingerprint density at radius 3 is 2.06 bits per heavy atom. The van der Waals surface area contributed by atoms with Crippen LogP contribution in [0.1, 0.15) is 0 Å². The van der Waals surface area contributed by atoms with E-state index in [0.717, 1.165) is 5.75 Å². The van der Waals surface area contributed by atoms with Gasteiger partial charge in [0.2, 0.25) is 0 Å². The quantitative estimate of drug-likeness (QED) is 0.812. The van der Waals surface area contributed by atoms with E-state index in [1.807, 2.05) is 18.2 Å². The maximum Gasteiger partial charge on any atom is 0.0525 e. The van der Waals surface area contributed by atoms with Gasteiger partial charge in [-0.05, 0) is 23.3 Å². The minimum atomic E-state index is 0.227. The highest BCUT2D eigenvalue weighted by Crippen LogP contribution is 2.23. The Balaban J connectivity index is 2.13. The molecule has 2 aromatic carbocycles. The molecule has 2 heteroatoms. The molecule has 1 N–H and O–H groups in total. The predicted molar refractivity (Wildman–Crippen MR) is 69.7 cm³/mol. The van der Waals surface area contributed by atoms with Crippen molar-refractivity contribution in [3.8, 4) is 11.1 Å². The van der Waals surface area contributed by atoms with Crippen molar-refractivity contribution in [2.45, 2.75) is 4.90 Å². The molecule has 2 rings (SSSR count). The van der Waals surface area contributed by atoms with Crippen molar-refractivity contribution in [3.05, 3.63) is 54.6 Å². The topological polar surface area (TPSA) is 20.2 Å². The van der Waals surface area contributed by atoms with E-state index in [1.165, 1.54) is 16.0 Å². The lowest BCUT2D eigenvalue weighted by Crippen LogP contribution is -1.85. The Morgan fingerprint density at radius 2 is 1.44 bits per heavy atom. The number of benzene rings is 2. The fourth-order valence-corrected chi connectivity index (χ4v) is 2.19. The van der Waals surface area contributed by atoms with E-state index in [-0.39, 0.29) is 6.61 Å². The van der Waals surface area contributed by atoms with Crippen LogP contribution < -0.4 is 0 Å². The van der Waals surface area contributed by atoms with Crippen LogP contribution in [0.2, 0.25) is 0 Å². The summed E-state index contributed by atoms with van der Waals surface area (Å²) in [5.74, 6) is 0.755. The summed E-state index contributed by atoms with van der Waals surface area (Å²) < 4.78 is 0. The van der Waals surface area contributed by atoms with Crippen LogP contribution in [0.5, 0.6) is 0 Å². The zero-order valence-corrected chi connectivity index (χ0v) is 9.78. The van der Waals surface area contributed by atoms with Crippen molar-refractivity contribution in [2.24, 2.45) is 0 Å². The number of rotatable bonds is 4. The molecule has 0 bridgehead atoms. The van der Waals surface area contributed by atoms with Gasteiger partial charge in [0.25, 0.3) is 0 Å². The van der Waals surface area contributed by atoms with Gasteiger partial charge in [-0.1, -0.05) is 42.5 Å². The smallest absolute Gasteiger partial charge is 0.0525 e. The Morgan fingerprint density at radius 1 is 0.812 bits per heavy atom. The standard InChI is InChI=1S/C14H14OS/c15-10-11-16-14-8-6-13(7-9-14)12-4-2-1-3-5-12/h1-9,15H,10-11H2. The average molecular weight is 230 g/mol. The molecule has 16 heavy (non-hydrogen) atoms. The first-order chi connectivity index (χ1) is 7.90. The molecule has 0 saturated carbocycles. The van der Waals surface area contributed by atoms with Gasteiger partial charge in [-0.25, -0.2) is 0 Å². The van der Waals surface area contributed by atoms with Gasteiger partial charge in [0.05, 0.1) is 6.61 Å². The molecule has 0 spiro atoms. The Hall–Kier alpha value is -1.25. The normalized spacial score (nSPS) is 10.3. The maximum absolute atomic E-state index is 8.74. The lowest BCUT2D eigenvalue weighted by Gasteiger charge is -2.03. The second-order valence-corrected chi connectivity index (χ2v) is 4.63. The van der Waals surface area contributed by atoms with Crippen LogP contribution in [-0.2, 0) is 0 Å². The third-order valence-electron chi connectivity index (χ3n) is 2.32. The molecule has 0 heterocycles. The van der Waals surface area contributed by atoms with Gasteiger partial charge < -0.3 is 5.11 Å². The third-order valence-corrected chi connectivity index (χ3v) is 3.31. The van der Waals surface area contributed by atoms with E-state index in [2.05, 4.69) is 36.4 Å². The molecule has 0 atom stereocenters. The van der Waals surface area contributed by atoms with Crippen LogP contribution in [0.25, 0.3) is 11.1 Å². The molecule has 0 aromatic heterocycles. The number of hydrogen-bond acceptors (Lipinski definition) is 2. The van der Waals surface area contributed by atoms with Gasteiger partial charge in [-0.3, -0.25) is 0 Å². The molecule has 0 saturated heterocycles. The fourth-order valence-electron chi connectivity index (χ4n) is 1.54. The summed E-state index contributed by atoms with van der Waals surface area (Å²) in [5.41, 5.74) is 2.47. The molecule has 82 valence electrons. The van der Waals surface area contributed by atoms with E-state index >= 15 is 0 Å². The highest BCUT2D eigenvalue weighted by Gasteiger charge is 1.97. The number of aliphatic hydroxyl groups is 1. The fraction of sp³-hybridized carbons (Fsp3) is 0.143. The van der Waals surface area contributed by atoms with Gasteiger partial charge >= 0.3 is 0 Å². The van der Waals surface area contributed by atoms with E-state index in [0.29, 0.717) is 0 Å². The number of hydrogen-bond donors (Lipinski definition) is 1. The molecule has 2 aromatic rings. The molecule has 0 amide bonds. The van der Waals surface area contributed by atoms with Gasteiger partial charge in [-0.2, -0.15) is 0 Å². The van der Waals surface area contributed by atoms with Crippen LogP contribution >= 0.6 is 11.8 Å². The lowest BCUT2D eigenvalue weighted by molar-refractivity contribution is 0.322. The zero-order chi connectivity index (χ0) is 11.2. The minimum absolute atomic E-state index is 0.227. The SMILES string of the molecule is OCCSc1ccc(-c2ccccc2)cc1. The first-order valence-corrected chi connectivity index (χ1v) is 6.28. The number of thioether (sulfide) groups is 1. The molecule has 0 aliphatic rings. The third kappa shape index (κ3) is 2.87. The monoisotopic (exact) mass is 230 g/mol. The second kappa shape index (κ2) is 5.73. The molecule has 0 aliphatic heterocycles. The summed E-state index contributed by atoms with van der Waals surface area (Å²) in [7, 11) is 0. The predicted octanol–water partition coefficient (Wildman–Crippen LogP) is 3.44. The highest BCUT2D eigenvalue weighted by atomic mass is 32.2. The van der Waals surface area contributed by atoms with Gasteiger partial charge in [-0.15, -0.1) is 11.8 Å². The second-order valence-electron chi connectivity index (χ2n) is 3.46. The molecule has 0 unspecified atom stereocenters. The van der Waals surface area contributed by atoms with Gasteiger partial charge in [0.1, 0.15) is 0 Å². The molecule has 1 nitrogen and oxygen atoms in total. The van der Waals surface area contributed by atoms with Crippen LogP contribution in [-0.4, -0.2) is 17.5 Å². The summed E-state index contributed by atoms with van der Waals surface area (Å²) >= 11 is 1.67. The van der Waals surface area contributed by atoms with E-state index in [4.69, 9.17) is 5.11 Å². The van der Waals surface area contributed by atoms with Gasteiger partial charge in [0.15, 0.2) is 0 Å². The highest BCUT2D eigenvalue weighted by molar-refractivity contribution is 7.99. The van der Waals surface area contributed by atoms with Crippen molar-refractivity contribution in [1.29, 1.82) is 0 Å². The largest absolute Gasteiger partial charge is 0.396 e. The van der Waals surface area contributed by atoms with Gasteiger partial charge in [0, 0.05) is 10.6 Å². The van der Waals surface area contributed by atoms with Crippen molar-refractivity contribution >= 4 is 11.8 Å². The first-order valence-electron chi connectivity index (χ1n) is 5.29. The molecular weight excluding hydrogens is 216 g/mol. The summed E-state index contributed by atoms with van der Waals surface area (Å²) in [4.78, 5) is 1.20. The molecule has 0 fully saturated rings. The minimum Gasteiger partial charge on any atom is -0.396 e. The Kier molecular flexibility index (Phi) is 4.03. The van der Waals surface area contributed by atoms with Crippen LogP contribution in [0.4, 0.5) is 0 Å². The van der Waals surface area contributed by atoms with Crippen molar-refractivity contribution < 1.29 is 5.11 Å². The van der Waals surface area contributed by atoms with Crippen LogP contribution in [0.3, 0.4) is 0 Å². The van der Waals surface area contributed by atoms with Crippen molar-refractivity contribution in [1.82, 2.24) is 0 Å². The summed E-state index contributed by atoms with van der Waals surface area (Å²) in [5, 5.41) is 8.74. The Bertz CT molecular complexity index is 422. The van der Waals surface area contributed by atoms with Crippen LogP contribution in [0.15, 0.2) is 59.5 Å². The zero-order valence-electron chi connectivity index (χ0n) is 8.97. The maximum atomic E-state index is 8.74. The summed E-state index contributed by atoms with van der Waals surface area (Å²) in [6.45, 7) is 0.227. The first kappa shape index (κ1) is 11.2. The molecular formula is C14H14OS. The number of aliphatic hydroxyl groups excluding tert-OH is 1. The molecule has 0 aliphatic carbocycles. The summed E-state index contributed by atoms with van der Waals surface area (Å²) in [6.07, 6.45) is 0. The average Bonchev–Trinajstić information content (AvgIpc) is 2.38. The lowest BCUT2D eigenvalue weighted by atomic mass is 10.1. The summed E-state index contributed by atoms with van der Waals surface area (Å²) in [6, 6.07) is 18.8. The van der Waals surface area contributed by atoms with Crippen molar-refractivity contribution in [3.63, 3.8) is 0 Å².